The molecule has 1 aromatic carbocycles. The number of rotatable bonds is 4. The Hall–Kier alpha value is -1.65. The highest BCUT2D eigenvalue weighted by molar-refractivity contribution is 5.34. The van der Waals surface area contributed by atoms with Gasteiger partial charge in [-0.3, -0.25) is 4.90 Å². The normalized spacial score (nSPS) is 23.3. The van der Waals surface area contributed by atoms with Gasteiger partial charge in [-0.05, 0) is 43.0 Å². The van der Waals surface area contributed by atoms with E-state index in [1.165, 1.54) is 18.4 Å². The van der Waals surface area contributed by atoms with Gasteiger partial charge in [0.1, 0.15) is 0 Å². The Morgan fingerprint density at radius 1 is 1.29 bits per heavy atom. The minimum Gasteiger partial charge on any atom is -0.329 e. The van der Waals surface area contributed by atoms with Gasteiger partial charge in [-0.2, -0.15) is 0 Å². The molecule has 4 nitrogen and oxygen atoms in total. The van der Waals surface area contributed by atoms with Crippen molar-refractivity contribution in [2.45, 2.75) is 32.4 Å². The summed E-state index contributed by atoms with van der Waals surface area (Å²) in [6.45, 7) is 5.24. The average molecular weight is 284 g/mol. The molecule has 1 aromatic heterocycles. The zero-order valence-electron chi connectivity index (χ0n) is 12.7. The molecule has 112 valence electrons. The summed E-state index contributed by atoms with van der Waals surface area (Å²) in [6.07, 6.45) is 8.18. The summed E-state index contributed by atoms with van der Waals surface area (Å²) in [5, 5.41) is 0. The molecule has 2 N–H and O–H groups in total. The molecule has 0 spiro atoms. The Balaban J connectivity index is 1.70. The maximum Gasteiger partial charge on any atom is 0.0991 e. The molecule has 21 heavy (non-hydrogen) atoms. The van der Waals surface area contributed by atoms with E-state index in [0.29, 0.717) is 12.0 Å². The number of imidazole rings is 1. The maximum atomic E-state index is 5.97. The first kappa shape index (κ1) is 14.3. The second-order valence-electron chi connectivity index (χ2n) is 6.03. The second-order valence-corrected chi connectivity index (χ2v) is 6.03. The van der Waals surface area contributed by atoms with E-state index in [0.717, 1.165) is 25.3 Å². The van der Waals surface area contributed by atoms with E-state index in [2.05, 4.69) is 41.1 Å². The summed E-state index contributed by atoms with van der Waals surface area (Å²) in [5.74, 6) is 0.703. The number of aromatic nitrogens is 2. The van der Waals surface area contributed by atoms with Gasteiger partial charge in [0.05, 0.1) is 6.33 Å². The zero-order valence-corrected chi connectivity index (χ0v) is 12.7. The quantitative estimate of drug-likeness (QED) is 0.938. The van der Waals surface area contributed by atoms with E-state index in [1.54, 1.807) is 6.20 Å². The van der Waals surface area contributed by atoms with Crippen LogP contribution in [0.3, 0.4) is 0 Å². The van der Waals surface area contributed by atoms with Gasteiger partial charge in [-0.1, -0.05) is 19.1 Å². The summed E-state index contributed by atoms with van der Waals surface area (Å²) >= 11 is 0. The molecular weight excluding hydrogens is 260 g/mol. The van der Waals surface area contributed by atoms with Crippen molar-refractivity contribution in [3.8, 4) is 5.69 Å². The van der Waals surface area contributed by atoms with E-state index in [4.69, 9.17) is 5.73 Å². The van der Waals surface area contributed by atoms with Crippen molar-refractivity contribution in [2.24, 2.45) is 11.7 Å². The van der Waals surface area contributed by atoms with Gasteiger partial charge in [0.2, 0.25) is 0 Å². The van der Waals surface area contributed by atoms with Gasteiger partial charge in [0.25, 0.3) is 0 Å². The molecule has 2 atom stereocenters. The van der Waals surface area contributed by atoms with Crippen molar-refractivity contribution < 1.29 is 0 Å². The zero-order chi connectivity index (χ0) is 14.7. The van der Waals surface area contributed by atoms with Gasteiger partial charge in [0, 0.05) is 37.2 Å². The average Bonchev–Trinajstić information content (AvgIpc) is 3.03. The minimum atomic E-state index is 0.520. The van der Waals surface area contributed by atoms with Crippen LogP contribution in [0.2, 0.25) is 0 Å². The predicted molar refractivity (Wildman–Crippen MR) is 85.2 cm³/mol. The van der Waals surface area contributed by atoms with Crippen LogP contribution in [-0.2, 0) is 6.54 Å². The van der Waals surface area contributed by atoms with E-state index in [-0.39, 0.29) is 0 Å². The van der Waals surface area contributed by atoms with Crippen LogP contribution in [0.25, 0.3) is 5.69 Å². The molecule has 1 saturated heterocycles. The molecule has 1 aliphatic heterocycles. The second kappa shape index (κ2) is 6.41. The van der Waals surface area contributed by atoms with Crippen molar-refractivity contribution in [1.29, 1.82) is 0 Å². The molecule has 1 aliphatic rings. The highest BCUT2D eigenvalue weighted by Gasteiger charge is 2.27. The molecule has 0 amide bonds. The van der Waals surface area contributed by atoms with Crippen LogP contribution in [-0.4, -0.2) is 33.6 Å². The Bertz CT molecular complexity index is 547. The van der Waals surface area contributed by atoms with Crippen molar-refractivity contribution in [1.82, 2.24) is 14.5 Å². The standard InChI is InChI=1S/C17H24N4/c1-14-3-2-9-20(17(14)11-18)12-15-4-6-16(7-5-15)21-10-8-19-13-21/h4-8,10,13-14,17H,2-3,9,11-12,18H2,1H3. The van der Waals surface area contributed by atoms with Crippen LogP contribution < -0.4 is 5.73 Å². The van der Waals surface area contributed by atoms with Crippen LogP contribution in [0, 0.1) is 5.92 Å². The number of hydrogen-bond donors (Lipinski definition) is 1. The third kappa shape index (κ3) is 3.17. The van der Waals surface area contributed by atoms with Gasteiger partial charge < -0.3 is 10.3 Å². The molecule has 0 radical (unpaired) electrons. The summed E-state index contributed by atoms with van der Waals surface area (Å²) < 4.78 is 2.02. The molecule has 2 aromatic rings. The fraction of sp³-hybridized carbons (Fsp3) is 0.471. The fourth-order valence-corrected chi connectivity index (χ4v) is 3.33. The number of piperidine rings is 1. The minimum absolute atomic E-state index is 0.520. The van der Waals surface area contributed by atoms with Crippen LogP contribution in [0.1, 0.15) is 25.3 Å². The van der Waals surface area contributed by atoms with Gasteiger partial charge >= 0.3 is 0 Å². The lowest BCUT2D eigenvalue weighted by Gasteiger charge is -2.39. The lowest BCUT2D eigenvalue weighted by atomic mass is 9.90. The van der Waals surface area contributed by atoms with Crippen molar-refractivity contribution in [3.63, 3.8) is 0 Å². The summed E-state index contributed by atoms with van der Waals surface area (Å²) in [4.78, 5) is 6.63. The van der Waals surface area contributed by atoms with Crippen molar-refractivity contribution in [3.05, 3.63) is 48.5 Å². The number of hydrogen-bond acceptors (Lipinski definition) is 3. The SMILES string of the molecule is CC1CCCN(Cc2ccc(-n3ccnc3)cc2)C1CN. The molecule has 0 bridgehead atoms. The summed E-state index contributed by atoms with van der Waals surface area (Å²) in [6, 6.07) is 9.25. The lowest BCUT2D eigenvalue weighted by Crippen LogP contribution is -2.47. The molecule has 1 fully saturated rings. The van der Waals surface area contributed by atoms with E-state index >= 15 is 0 Å². The Kier molecular flexibility index (Phi) is 4.36. The molecule has 4 heteroatoms. The molecule has 2 heterocycles. The van der Waals surface area contributed by atoms with Crippen LogP contribution in [0.4, 0.5) is 0 Å². The number of nitrogens with two attached hydrogens (primary N) is 1. The van der Waals surface area contributed by atoms with E-state index in [1.807, 2.05) is 17.1 Å². The number of nitrogens with zero attached hydrogens (tertiary/aromatic N) is 3. The monoisotopic (exact) mass is 284 g/mol. The Morgan fingerprint density at radius 3 is 2.76 bits per heavy atom. The summed E-state index contributed by atoms with van der Waals surface area (Å²) in [5.41, 5.74) is 8.48. The van der Waals surface area contributed by atoms with Crippen LogP contribution in [0.5, 0.6) is 0 Å². The fourth-order valence-electron chi connectivity index (χ4n) is 3.33. The first-order chi connectivity index (χ1) is 10.3. The molecule has 3 rings (SSSR count). The van der Waals surface area contributed by atoms with E-state index < -0.39 is 0 Å². The van der Waals surface area contributed by atoms with Crippen molar-refractivity contribution >= 4 is 0 Å². The maximum absolute atomic E-state index is 5.97. The van der Waals surface area contributed by atoms with Crippen molar-refractivity contribution in [2.75, 3.05) is 13.1 Å². The largest absolute Gasteiger partial charge is 0.329 e. The Morgan fingerprint density at radius 2 is 2.10 bits per heavy atom. The predicted octanol–water partition coefficient (Wildman–Crippen LogP) is 2.43. The molecule has 2 unspecified atom stereocenters. The molecule has 0 saturated carbocycles. The first-order valence-corrected chi connectivity index (χ1v) is 7.79. The third-order valence-electron chi connectivity index (χ3n) is 4.60. The first-order valence-electron chi connectivity index (χ1n) is 7.79. The number of benzene rings is 1. The van der Waals surface area contributed by atoms with Gasteiger partial charge in [-0.25, -0.2) is 4.98 Å². The molecule has 0 aliphatic carbocycles. The summed E-state index contributed by atoms with van der Waals surface area (Å²) in [7, 11) is 0. The van der Waals surface area contributed by atoms with Gasteiger partial charge in [-0.15, -0.1) is 0 Å². The Labute approximate surface area is 126 Å². The highest BCUT2D eigenvalue weighted by Crippen LogP contribution is 2.24. The highest BCUT2D eigenvalue weighted by atomic mass is 15.2. The third-order valence-corrected chi connectivity index (χ3v) is 4.60. The van der Waals surface area contributed by atoms with Crippen LogP contribution >= 0.6 is 0 Å². The number of likely N-dealkylation sites (tertiary alicyclic amines) is 1. The van der Waals surface area contributed by atoms with Gasteiger partial charge in [0.15, 0.2) is 0 Å². The van der Waals surface area contributed by atoms with E-state index in [9.17, 15) is 0 Å². The lowest BCUT2D eigenvalue weighted by molar-refractivity contribution is 0.0991. The molecular formula is C17H24N4. The van der Waals surface area contributed by atoms with Crippen LogP contribution in [0.15, 0.2) is 43.0 Å². The smallest absolute Gasteiger partial charge is 0.0991 e. The topological polar surface area (TPSA) is 47.1 Å².